The minimum Gasteiger partial charge on any atom is -0.478 e. The van der Waals surface area contributed by atoms with Gasteiger partial charge in [-0.15, -0.1) is 10.2 Å². The third kappa shape index (κ3) is 13.1. The summed E-state index contributed by atoms with van der Waals surface area (Å²) in [6.07, 6.45) is 0.600. The first-order chi connectivity index (χ1) is 33.0. The first-order valence-electron chi connectivity index (χ1n) is 21.3. The number of aromatic nitrogens is 4. The number of nitrogens with two attached hydrogens (primary N) is 2. The molecule has 0 aliphatic heterocycles. The number of aromatic carboxylic acids is 1. The van der Waals surface area contributed by atoms with E-state index in [1.807, 2.05) is 84.9 Å². The Labute approximate surface area is 390 Å². The van der Waals surface area contributed by atoms with Gasteiger partial charge in [0, 0.05) is 52.3 Å². The minimum absolute atomic E-state index is 0.0719. The SMILES string of the molecule is Nc1ccc(NC(=O)[C@@H](Cc2ccc(-c3ccccc3)cc2)NC(=O)c2ccc(C(=O)O)cc2)cc1.Nc1ccc(NC(=O)[C@H](Cc2ccccc2)NC(=O)c2ccc(-c3nn[nH]n3)cc2)cc1. The van der Waals surface area contributed by atoms with Crippen molar-refractivity contribution in [2.24, 2.45) is 0 Å². The van der Waals surface area contributed by atoms with E-state index in [1.165, 1.54) is 24.3 Å². The van der Waals surface area contributed by atoms with E-state index in [-0.39, 0.29) is 35.3 Å². The fourth-order valence-corrected chi connectivity index (χ4v) is 6.86. The predicted molar refractivity (Wildman–Crippen MR) is 260 cm³/mol. The second kappa shape index (κ2) is 22.5. The van der Waals surface area contributed by atoms with E-state index in [0.717, 1.165) is 27.8 Å². The number of amides is 4. The van der Waals surface area contributed by atoms with E-state index in [4.69, 9.17) is 16.6 Å². The van der Waals surface area contributed by atoms with Crippen LogP contribution in [0.2, 0.25) is 0 Å². The number of aromatic amines is 1. The van der Waals surface area contributed by atoms with Gasteiger partial charge in [-0.05, 0) is 112 Å². The van der Waals surface area contributed by atoms with Crippen molar-refractivity contribution in [1.29, 1.82) is 0 Å². The number of tetrazole rings is 1. The van der Waals surface area contributed by atoms with Crippen molar-refractivity contribution < 1.29 is 29.1 Å². The van der Waals surface area contributed by atoms with Crippen molar-refractivity contribution >= 4 is 52.3 Å². The molecule has 0 radical (unpaired) electrons. The summed E-state index contributed by atoms with van der Waals surface area (Å²) in [4.78, 5) is 63.1. The Morgan fingerprint density at radius 1 is 0.485 bits per heavy atom. The van der Waals surface area contributed by atoms with Crippen molar-refractivity contribution in [3.05, 3.63) is 210 Å². The fraction of sp³-hybridized carbons (Fsp3) is 0.0769. The Hall–Kier alpha value is -9.44. The number of rotatable bonds is 15. The molecule has 0 fully saturated rings. The average Bonchev–Trinajstić information content (AvgIpc) is 3.92. The molecule has 68 heavy (non-hydrogen) atoms. The van der Waals surface area contributed by atoms with Crippen LogP contribution in [0.15, 0.2) is 182 Å². The van der Waals surface area contributed by atoms with Crippen LogP contribution in [0.4, 0.5) is 22.7 Å². The number of carbonyl (C=O) groups is 5. The van der Waals surface area contributed by atoms with Crippen molar-refractivity contribution in [2.45, 2.75) is 24.9 Å². The molecule has 0 saturated carbocycles. The normalized spacial score (nSPS) is 11.4. The number of carboxylic acids is 1. The number of hydrogen-bond donors (Lipinski definition) is 8. The van der Waals surface area contributed by atoms with Gasteiger partial charge < -0.3 is 37.8 Å². The fourth-order valence-electron chi connectivity index (χ4n) is 6.86. The second-order valence-corrected chi connectivity index (χ2v) is 15.4. The van der Waals surface area contributed by atoms with Crippen LogP contribution in [-0.4, -0.2) is 67.4 Å². The molecule has 0 unspecified atom stereocenters. The largest absolute Gasteiger partial charge is 0.478 e. The summed E-state index contributed by atoms with van der Waals surface area (Å²) < 4.78 is 0. The summed E-state index contributed by atoms with van der Waals surface area (Å²) in [7, 11) is 0. The molecule has 1 aromatic heterocycles. The molecular weight excluding hydrogens is 861 g/mol. The molecule has 0 saturated heterocycles. The topological polar surface area (TPSA) is 260 Å². The van der Waals surface area contributed by atoms with Gasteiger partial charge in [0.1, 0.15) is 12.1 Å². The molecule has 2 atom stereocenters. The lowest BCUT2D eigenvalue weighted by Crippen LogP contribution is -2.45. The van der Waals surface area contributed by atoms with E-state index < -0.39 is 24.0 Å². The van der Waals surface area contributed by atoms with E-state index in [9.17, 15) is 24.0 Å². The maximum Gasteiger partial charge on any atom is 0.335 e. The Bertz CT molecular complexity index is 2940. The number of anilines is 4. The first kappa shape index (κ1) is 46.5. The van der Waals surface area contributed by atoms with E-state index >= 15 is 0 Å². The van der Waals surface area contributed by atoms with Gasteiger partial charge in [-0.2, -0.15) is 5.21 Å². The van der Waals surface area contributed by atoms with Crippen molar-refractivity contribution in [2.75, 3.05) is 22.1 Å². The lowest BCUT2D eigenvalue weighted by molar-refractivity contribution is -0.118. The Morgan fingerprint density at radius 2 is 0.897 bits per heavy atom. The third-order valence-electron chi connectivity index (χ3n) is 10.5. The number of carbonyl (C=O) groups excluding carboxylic acids is 4. The summed E-state index contributed by atoms with van der Waals surface area (Å²) in [6.45, 7) is 0. The molecule has 8 rings (SSSR count). The summed E-state index contributed by atoms with van der Waals surface area (Å²) >= 11 is 0. The zero-order valence-electron chi connectivity index (χ0n) is 36.4. The Morgan fingerprint density at radius 3 is 1.35 bits per heavy atom. The quantitative estimate of drug-likeness (QED) is 0.0484. The van der Waals surface area contributed by atoms with Gasteiger partial charge in [0.15, 0.2) is 0 Å². The maximum absolute atomic E-state index is 13.2. The number of nitrogens with zero attached hydrogens (tertiary/aromatic N) is 3. The number of H-pyrrole nitrogens is 1. The summed E-state index contributed by atoms with van der Waals surface area (Å²) in [5, 5.41) is 34.1. The second-order valence-electron chi connectivity index (χ2n) is 15.4. The molecule has 10 N–H and O–H groups in total. The van der Waals surface area contributed by atoms with Crippen LogP contribution in [0.25, 0.3) is 22.5 Å². The van der Waals surface area contributed by atoms with Crippen LogP contribution < -0.4 is 32.7 Å². The van der Waals surface area contributed by atoms with Gasteiger partial charge in [0.25, 0.3) is 11.8 Å². The van der Waals surface area contributed by atoms with Gasteiger partial charge >= 0.3 is 5.97 Å². The zero-order chi connectivity index (χ0) is 47.8. The van der Waals surface area contributed by atoms with E-state index in [0.29, 0.717) is 40.6 Å². The van der Waals surface area contributed by atoms with Gasteiger partial charge in [-0.1, -0.05) is 97.1 Å². The molecule has 0 bridgehead atoms. The van der Waals surface area contributed by atoms with Gasteiger partial charge in [-0.3, -0.25) is 19.2 Å². The Balaban J connectivity index is 0.000000203. The maximum atomic E-state index is 13.2. The van der Waals surface area contributed by atoms with Crippen molar-refractivity contribution in [3.63, 3.8) is 0 Å². The lowest BCUT2D eigenvalue weighted by atomic mass is 10.00. The van der Waals surface area contributed by atoms with Crippen LogP contribution in [0.5, 0.6) is 0 Å². The minimum atomic E-state index is -1.08. The van der Waals surface area contributed by atoms with Gasteiger partial charge in [0.2, 0.25) is 17.6 Å². The number of nitrogens with one attached hydrogen (secondary N) is 5. The van der Waals surface area contributed by atoms with Crippen molar-refractivity contribution in [1.82, 2.24) is 31.3 Å². The van der Waals surface area contributed by atoms with Crippen LogP contribution in [0, 0.1) is 0 Å². The molecule has 4 amide bonds. The highest BCUT2D eigenvalue weighted by molar-refractivity contribution is 6.03. The molecule has 16 nitrogen and oxygen atoms in total. The summed E-state index contributed by atoms with van der Waals surface area (Å²) in [5.74, 6) is -2.20. The monoisotopic (exact) mass is 906 g/mol. The highest BCUT2D eigenvalue weighted by Crippen LogP contribution is 2.21. The smallest absolute Gasteiger partial charge is 0.335 e. The van der Waals surface area contributed by atoms with E-state index in [1.54, 1.807) is 72.8 Å². The summed E-state index contributed by atoms with van der Waals surface area (Å²) in [6, 6.07) is 51.4. The molecule has 0 aliphatic carbocycles. The highest BCUT2D eigenvalue weighted by atomic mass is 16.4. The van der Waals surface area contributed by atoms with Crippen LogP contribution in [-0.2, 0) is 22.4 Å². The highest BCUT2D eigenvalue weighted by Gasteiger charge is 2.24. The molecular formula is C52H46N10O6. The summed E-state index contributed by atoms with van der Waals surface area (Å²) in [5.41, 5.74) is 19.1. The molecule has 7 aromatic carbocycles. The molecule has 8 aromatic rings. The molecule has 16 heteroatoms. The van der Waals surface area contributed by atoms with Crippen molar-refractivity contribution in [3.8, 4) is 22.5 Å². The number of nitrogen functional groups attached to an aromatic ring is 2. The average molecular weight is 907 g/mol. The van der Waals surface area contributed by atoms with Gasteiger partial charge in [0.05, 0.1) is 5.56 Å². The Kier molecular flexibility index (Phi) is 15.4. The van der Waals surface area contributed by atoms with E-state index in [2.05, 4.69) is 41.9 Å². The molecule has 340 valence electrons. The number of hydrogen-bond acceptors (Lipinski definition) is 10. The molecule has 1 heterocycles. The van der Waals surface area contributed by atoms with Crippen LogP contribution >= 0.6 is 0 Å². The lowest BCUT2D eigenvalue weighted by Gasteiger charge is -2.19. The zero-order valence-corrected chi connectivity index (χ0v) is 36.4. The molecule has 0 spiro atoms. The number of benzene rings is 7. The predicted octanol–water partition coefficient (Wildman–Crippen LogP) is 7.04. The van der Waals surface area contributed by atoms with Gasteiger partial charge in [-0.25, -0.2) is 4.79 Å². The molecule has 0 aliphatic rings. The third-order valence-corrected chi connectivity index (χ3v) is 10.5. The standard InChI is InChI=1S/C29H25N3O4.C23H21N7O2/c30-24-14-16-25(17-15-24)31-28(34)26(32-27(33)22-10-12-23(13-11-22)29(35)36)18-19-6-8-21(9-7-19)20-4-2-1-3-5-20;24-18-10-12-19(13-11-18)25-23(32)20(14-15-4-2-1-3-5-15)26-22(31)17-8-6-16(7-9-17)21-27-29-30-28-21/h1-17,26H,18,30H2,(H,31,34)(H,32,33)(H,35,36);1-13,20H,14,24H2,(H,25,32)(H,26,31)(H,27,28,29,30)/t26-;20-/m10/s1. The van der Waals surface area contributed by atoms with Crippen LogP contribution in [0.1, 0.15) is 42.2 Å². The first-order valence-corrected chi connectivity index (χ1v) is 21.3. The van der Waals surface area contributed by atoms with Crippen LogP contribution in [0.3, 0.4) is 0 Å². The number of carboxylic acid groups (broad SMARTS) is 1.